The zero-order chi connectivity index (χ0) is 14.0. The molecule has 0 radical (unpaired) electrons. The first-order valence-electron chi connectivity index (χ1n) is 6.58. The molecule has 1 aromatic heterocycles. The summed E-state index contributed by atoms with van der Waals surface area (Å²) in [5.74, 6) is 0.834. The van der Waals surface area contributed by atoms with Crippen molar-refractivity contribution in [2.45, 2.75) is 39.2 Å². The highest BCUT2D eigenvalue weighted by Crippen LogP contribution is 2.29. The molecule has 0 aliphatic carbocycles. The smallest absolute Gasteiger partial charge is 0.138 e. The number of nitrogens with two attached hydrogens (primary N) is 1. The molecule has 19 heavy (non-hydrogen) atoms. The van der Waals surface area contributed by atoms with E-state index in [0.29, 0.717) is 0 Å². The Labute approximate surface area is 114 Å². The minimum absolute atomic E-state index is 0.0334. The predicted molar refractivity (Wildman–Crippen MR) is 77.9 cm³/mol. The van der Waals surface area contributed by atoms with Crippen LogP contribution in [0, 0.1) is 6.92 Å². The molecule has 2 aromatic rings. The van der Waals surface area contributed by atoms with Gasteiger partial charge in [0.1, 0.15) is 5.82 Å². The summed E-state index contributed by atoms with van der Waals surface area (Å²) in [7, 11) is 0. The molecule has 1 aromatic carbocycles. The number of rotatable bonds is 3. The normalized spacial score (nSPS) is 13.3. The molecule has 0 unspecified atom stereocenters. The minimum atomic E-state index is -0.206. The maximum absolute atomic E-state index is 5.90. The van der Waals surface area contributed by atoms with E-state index in [0.717, 1.165) is 17.1 Å². The van der Waals surface area contributed by atoms with Gasteiger partial charge in [-0.05, 0) is 33.3 Å². The van der Waals surface area contributed by atoms with Crippen molar-refractivity contribution in [3.05, 3.63) is 59.2 Å². The van der Waals surface area contributed by atoms with E-state index in [4.69, 9.17) is 5.73 Å². The van der Waals surface area contributed by atoms with E-state index in [2.05, 4.69) is 35.9 Å². The summed E-state index contributed by atoms with van der Waals surface area (Å²) >= 11 is 0. The first-order chi connectivity index (χ1) is 8.93. The van der Waals surface area contributed by atoms with Crippen molar-refractivity contribution in [3.8, 4) is 0 Å². The Hall–Kier alpha value is -1.74. The summed E-state index contributed by atoms with van der Waals surface area (Å²) in [6, 6.07) is 10.3. The molecule has 1 heterocycles. The first kappa shape index (κ1) is 13.7. The highest BCUT2D eigenvalue weighted by Gasteiger charge is 2.26. The zero-order valence-electron chi connectivity index (χ0n) is 12.0. The van der Waals surface area contributed by atoms with Gasteiger partial charge in [0.05, 0.1) is 0 Å². The number of benzene rings is 1. The van der Waals surface area contributed by atoms with Crippen LogP contribution in [0.5, 0.6) is 0 Å². The SMILES string of the molecule is Cc1nc(C(C)(C)c2ccccc2)ncc1[C@@H](C)N. The van der Waals surface area contributed by atoms with Crippen LogP contribution < -0.4 is 5.73 Å². The van der Waals surface area contributed by atoms with E-state index in [1.807, 2.05) is 38.2 Å². The van der Waals surface area contributed by atoms with Gasteiger partial charge in [0.15, 0.2) is 0 Å². The van der Waals surface area contributed by atoms with E-state index in [1.165, 1.54) is 5.56 Å². The second-order valence-corrected chi connectivity index (χ2v) is 5.51. The third kappa shape index (κ3) is 2.66. The molecule has 0 amide bonds. The number of aromatic nitrogens is 2. The quantitative estimate of drug-likeness (QED) is 0.916. The highest BCUT2D eigenvalue weighted by molar-refractivity contribution is 5.32. The van der Waals surface area contributed by atoms with Crippen LogP contribution in [0.1, 0.15) is 49.5 Å². The summed E-state index contributed by atoms with van der Waals surface area (Å²) in [6.45, 7) is 8.23. The number of aryl methyl sites for hydroxylation is 1. The molecule has 0 spiro atoms. The maximum Gasteiger partial charge on any atom is 0.138 e. The van der Waals surface area contributed by atoms with Gasteiger partial charge in [-0.25, -0.2) is 9.97 Å². The van der Waals surface area contributed by atoms with E-state index >= 15 is 0 Å². The third-order valence-electron chi connectivity index (χ3n) is 3.56. The molecule has 0 bridgehead atoms. The molecule has 0 aliphatic heterocycles. The van der Waals surface area contributed by atoms with E-state index in [9.17, 15) is 0 Å². The Morgan fingerprint density at radius 2 is 1.79 bits per heavy atom. The predicted octanol–water partition coefficient (Wildman–Crippen LogP) is 3.13. The van der Waals surface area contributed by atoms with Crippen molar-refractivity contribution < 1.29 is 0 Å². The van der Waals surface area contributed by atoms with Gasteiger partial charge in [-0.3, -0.25) is 0 Å². The number of nitrogens with zero attached hydrogens (tertiary/aromatic N) is 2. The van der Waals surface area contributed by atoms with Gasteiger partial charge in [-0.15, -0.1) is 0 Å². The minimum Gasteiger partial charge on any atom is -0.324 e. The fourth-order valence-corrected chi connectivity index (χ4v) is 2.21. The fourth-order valence-electron chi connectivity index (χ4n) is 2.21. The Morgan fingerprint density at radius 3 is 2.32 bits per heavy atom. The lowest BCUT2D eigenvalue weighted by molar-refractivity contribution is 0.582. The van der Waals surface area contributed by atoms with Crippen LogP contribution in [0.2, 0.25) is 0 Å². The van der Waals surface area contributed by atoms with Crippen LogP contribution in [-0.4, -0.2) is 9.97 Å². The molecule has 2 rings (SSSR count). The summed E-state index contributed by atoms with van der Waals surface area (Å²) in [5, 5.41) is 0. The summed E-state index contributed by atoms with van der Waals surface area (Å²) in [5.41, 5.74) is 8.88. The Morgan fingerprint density at radius 1 is 1.16 bits per heavy atom. The molecule has 100 valence electrons. The third-order valence-corrected chi connectivity index (χ3v) is 3.56. The van der Waals surface area contributed by atoms with Crippen LogP contribution in [0.25, 0.3) is 0 Å². The van der Waals surface area contributed by atoms with Crippen molar-refractivity contribution in [1.82, 2.24) is 9.97 Å². The Kier molecular flexibility index (Phi) is 3.67. The summed E-state index contributed by atoms with van der Waals surface area (Å²) in [6.07, 6.45) is 1.85. The van der Waals surface area contributed by atoms with Gasteiger partial charge in [-0.2, -0.15) is 0 Å². The molecule has 0 saturated heterocycles. The Balaban J connectivity index is 2.44. The number of hydrogen-bond acceptors (Lipinski definition) is 3. The lowest BCUT2D eigenvalue weighted by Gasteiger charge is -2.24. The lowest BCUT2D eigenvalue weighted by atomic mass is 9.83. The van der Waals surface area contributed by atoms with E-state index in [-0.39, 0.29) is 11.5 Å². The van der Waals surface area contributed by atoms with Gasteiger partial charge in [0.25, 0.3) is 0 Å². The Bertz CT molecular complexity index is 559. The van der Waals surface area contributed by atoms with E-state index < -0.39 is 0 Å². The van der Waals surface area contributed by atoms with Crippen molar-refractivity contribution >= 4 is 0 Å². The summed E-state index contributed by atoms with van der Waals surface area (Å²) < 4.78 is 0. The average Bonchev–Trinajstić information content (AvgIpc) is 2.39. The first-order valence-corrected chi connectivity index (χ1v) is 6.58. The molecule has 3 nitrogen and oxygen atoms in total. The van der Waals surface area contributed by atoms with Gasteiger partial charge in [0.2, 0.25) is 0 Å². The molecular weight excluding hydrogens is 234 g/mol. The van der Waals surface area contributed by atoms with Gasteiger partial charge in [0, 0.05) is 28.9 Å². The number of hydrogen-bond donors (Lipinski definition) is 1. The van der Waals surface area contributed by atoms with Gasteiger partial charge < -0.3 is 5.73 Å². The zero-order valence-corrected chi connectivity index (χ0v) is 12.0. The molecule has 0 fully saturated rings. The van der Waals surface area contributed by atoms with E-state index in [1.54, 1.807) is 0 Å². The highest BCUT2D eigenvalue weighted by atomic mass is 14.9. The molecule has 3 heteroatoms. The molecule has 2 N–H and O–H groups in total. The molecular formula is C16H21N3. The molecule has 0 aliphatic rings. The standard InChI is InChI=1S/C16H21N3/c1-11(17)14-10-18-15(19-12(14)2)16(3,4)13-8-6-5-7-9-13/h5-11H,17H2,1-4H3/t11-/m1/s1. The maximum atomic E-state index is 5.90. The monoisotopic (exact) mass is 255 g/mol. The lowest BCUT2D eigenvalue weighted by Crippen LogP contribution is -2.23. The van der Waals surface area contributed by atoms with Crippen LogP contribution in [0.3, 0.4) is 0 Å². The van der Waals surface area contributed by atoms with Crippen molar-refractivity contribution in [2.24, 2.45) is 5.73 Å². The average molecular weight is 255 g/mol. The van der Waals surface area contributed by atoms with Gasteiger partial charge in [-0.1, -0.05) is 30.3 Å². The topological polar surface area (TPSA) is 51.8 Å². The van der Waals surface area contributed by atoms with Gasteiger partial charge >= 0.3 is 0 Å². The van der Waals surface area contributed by atoms with Crippen LogP contribution >= 0.6 is 0 Å². The second kappa shape index (κ2) is 5.10. The second-order valence-electron chi connectivity index (χ2n) is 5.51. The largest absolute Gasteiger partial charge is 0.324 e. The fraction of sp³-hybridized carbons (Fsp3) is 0.375. The molecule has 1 atom stereocenters. The van der Waals surface area contributed by atoms with Crippen molar-refractivity contribution in [2.75, 3.05) is 0 Å². The van der Waals surface area contributed by atoms with Crippen molar-refractivity contribution in [3.63, 3.8) is 0 Å². The van der Waals surface area contributed by atoms with Crippen LogP contribution in [0.15, 0.2) is 36.5 Å². The van der Waals surface area contributed by atoms with Crippen LogP contribution in [-0.2, 0) is 5.41 Å². The summed E-state index contributed by atoms with van der Waals surface area (Å²) in [4.78, 5) is 9.17. The van der Waals surface area contributed by atoms with Crippen molar-refractivity contribution in [1.29, 1.82) is 0 Å². The molecule has 0 saturated carbocycles. The van der Waals surface area contributed by atoms with Crippen LogP contribution in [0.4, 0.5) is 0 Å².